The maximum Gasteiger partial charge on any atom is 0.313 e. The normalized spacial score (nSPS) is 12.1. The second-order valence-electron chi connectivity index (χ2n) is 9.69. The molecule has 0 bridgehead atoms. The minimum Gasteiger partial charge on any atom is -0.480 e. The van der Waals surface area contributed by atoms with Gasteiger partial charge in [0.1, 0.15) is 11.2 Å². The molecule has 0 radical (unpaired) electrons. The fourth-order valence-electron chi connectivity index (χ4n) is 3.28. The van der Waals surface area contributed by atoms with Crippen molar-refractivity contribution in [3.63, 3.8) is 0 Å². The van der Waals surface area contributed by atoms with Crippen molar-refractivity contribution in [2.75, 3.05) is 20.7 Å². The van der Waals surface area contributed by atoms with Crippen LogP contribution in [0.25, 0.3) is 22.0 Å². The average Bonchev–Trinajstić information content (AvgIpc) is 3.24. The van der Waals surface area contributed by atoms with Crippen LogP contribution in [0.2, 0.25) is 0 Å². The Labute approximate surface area is 205 Å². The molecule has 3 N–H and O–H groups in total. The topological polar surface area (TPSA) is 135 Å². The van der Waals surface area contributed by atoms with Crippen molar-refractivity contribution in [2.24, 2.45) is 5.41 Å². The molecule has 10 heteroatoms. The summed E-state index contributed by atoms with van der Waals surface area (Å²) in [4.78, 5) is 42.0. The van der Waals surface area contributed by atoms with Crippen LogP contribution in [0.4, 0.5) is 0 Å². The molecule has 0 saturated carbocycles. The number of carbonyl (C=O) groups is 3. The van der Waals surface area contributed by atoms with Crippen molar-refractivity contribution in [1.29, 1.82) is 0 Å². The van der Waals surface area contributed by atoms with Gasteiger partial charge in [-0.2, -0.15) is 5.10 Å². The Morgan fingerprint density at radius 2 is 1.83 bits per heavy atom. The number of hydrogen-bond donors (Lipinski definition) is 3. The Balaban J connectivity index is 1.84. The van der Waals surface area contributed by atoms with E-state index in [-0.39, 0.29) is 30.7 Å². The van der Waals surface area contributed by atoms with Gasteiger partial charge in [-0.25, -0.2) is 4.98 Å². The van der Waals surface area contributed by atoms with Crippen LogP contribution in [0.15, 0.2) is 30.5 Å². The average molecular weight is 483 g/mol. The van der Waals surface area contributed by atoms with Crippen LogP contribution in [0.3, 0.4) is 0 Å². The van der Waals surface area contributed by atoms with E-state index in [0.29, 0.717) is 16.5 Å². The monoisotopic (exact) mass is 482 g/mol. The summed E-state index contributed by atoms with van der Waals surface area (Å²) in [5.41, 5.74) is 0.805. The standard InChI is InChI=1S/C25H31N5O5/c1-24(2,3)35-23(33)25(4,5)13-28-20(31)17-10-15(12-27-22(17)34-7)14-8-9-16-18(11-14)29-30-19(16)21(32)26-6/h8-12H,13H2,1-7H3,(H,26,32)(H,28,31)(H,29,30)/i6D. The number of carbonyl (C=O) groups excluding carboxylic acids is 3. The fraction of sp³-hybridized carbons (Fsp3) is 0.400. The molecule has 0 unspecified atom stereocenters. The number of ether oxygens (including phenoxy) is 2. The molecule has 2 amide bonds. The Kier molecular flexibility index (Phi) is 6.72. The summed E-state index contributed by atoms with van der Waals surface area (Å²) in [6, 6.07) is 6.95. The predicted octanol–water partition coefficient (Wildman–Crippen LogP) is 3.09. The predicted molar refractivity (Wildman–Crippen MR) is 131 cm³/mol. The Morgan fingerprint density at radius 1 is 1.09 bits per heavy atom. The highest BCUT2D eigenvalue weighted by atomic mass is 16.6. The zero-order valence-corrected chi connectivity index (χ0v) is 20.7. The van der Waals surface area contributed by atoms with Gasteiger partial charge in [-0.05, 0) is 58.4 Å². The molecule has 10 nitrogen and oxygen atoms in total. The number of methoxy groups -OCH3 is 1. The van der Waals surface area contributed by atoms with Crippen LogP contribution in [0.1, 0.15) is 56.8 Å². The van der Waals surface area contributed by atoms with Gasteiger partial charge >= 0.3 is 5.97 Å². The summed E-state index contributed by atoms with van der Waals surface area (Å²) < 4.78 is 17.9. The summed E-state index contributed by atoms with van der Waals surface area (Å²) in [6.07, 6.45) is 1.57. The van der Waals surface area contributed by atoms with E-state index >= 15 is 0 Å². The van der Waals surface area contributed by atoms with Crippen molar-refractivity contribution in [3.8, 4) is 17.0 Å². The molecule has 2 heterocycles. The maximum absolute atomic E-state index is 13.1. The smallest absolute Gasteiger partial charge is 0.313 e. The molecule has 3 aromatic rings. The van der Waals surface area contributed by atoms with Gasteiger partial charge < -0.3 is 20.1 Å². The first-order chi connectivity index (χ1) is 16.9. The molecule has 0 fully saturated rings. The molecular weight excluding hydrogens is 450 g/mol. The van der Waals surface area contributed by atoms with E-state index in [1.165, 1.54) is 7.11 Å². The van der Waals surface area contributed by atoms with Crippen LogP contribution in [-0.2, 0) is 9.53 Å². The molecule has 35 heavy (non-hydrogen) atoms. The van der Waals surface area contributed by atoms with Crippen LogP contribution in [0, 0.1) is 5.41 Å². The van der Waals surface area contributed by atoms with E-state index < -0.39 is 28.8 Å². The lowest BCUT2D eigenvalue weighted by Gasteiger charge is -2.28. The van der Waals surface area contributed by atoms with Crippen LogP contribution >= 0.6 is 0 Å². The first-order valence-electron chi connectivity index (χ1n) is 11.7. The summed E-state index contributed by atoms with van der Waals surface area (Å²) in [5, 5.41) is 12.7. The number of fused-ring (bicyclic) bond motifs is 1. The van der Waals surface area contributed by atoms with Gasteiger partial charge in [-0.1, -0.05) is 6.07 Å². The Bertz CT molecular complexity index is 1300. The molecule has 0 saturated heterocycles. The van der Waals surface area contributed by atoms with Gasteiger partial charge in [0, 0.05) is 32.1 Å². The van der Waals surface area contributed by atoms with E-state index in [0.717, 1.165) is 5.56 Å². The van der Waals surface area contributed by atoms with Crippen molar-refractivity contribution < 1.29 is 25.2 Å². The number of aromatic amines is 1. The van der Waals surface area contributed by atoms with Crippen molar-refractivity contribution >= 4 is 28.7 Å². The van der Waals surface area contributed by atoms with Gasteiger partial charge in [0.05, 0.1) is 18.0 Å². The molecule has 0 atom stereocenters. The number of pyridine rings is 1. The highest BCUT2D eigenvalue weighted by Gasteiger charge is 2.33. The number of nitrogens with one attached hydrogen (secondary N) is 3. The van der Waals surface area contributed by atoms with E-state index in [1.54, 1.807) is 65.1 Å². The number of rotatable bonds is 7. The number of benzene rings is 1. The first-order valence-corrected chi connectivity index (χ1v) is 11.0. The highest BCUT2D eigenvalue weighted by Crippen LogP contribution is 2.28. The summed E-state index contributed by atoms with van der Waals surface area (Å²) in [5.74, 6) is -1.17. The molecule has 0 aliphatic carbocycles. The van der Waals surface area contributed by atoms with E-state index in [1.807, 2.05) is 0 Å². The zero-order valence-electron chi connectivity index (χ0n) is 21.7. The van der Waals surface area contributed by atoms with Gasteiger partial charge in [0.2, 0.25) is 5.88 Å². The van der Waals surface area contributed by atoms with Gasteiger partial charge in [-0.15, -0.1) is 0 Å². The second-order valence-corrected chi connectivity index (χ2v) is 9.69. The maximum atomic E-state index is 13.1. The number of nitrogens with zero attached hydrogens (tertiary/aromatic N) is 2. The van der Waals surface area contributed by atoms with E-state index in [4.69, 9.17) is 10.8 Å². The molecular formula is C25H31N5O5. The molecule has 1 aromatic carbocycles. The summed E-state index contributed by atoms with van der Waals surface area (Å²) >= 11 is 0. The fourth-order valence-corrected chi connectivity index (χ4v) is 3.28. The quantitative estimate of drug-likeness (QED) is 0.440. The molecule has 0 aliphatic heterocycles. The van der Waals surface area contributed by atoms with E-state index in [9.17, 15) is 14.4 Å². The Hall–Kier alpha value is -3.95. The highest BCUT2D eigenvalue weighted by molar-refractivity contribution is 6.05. The lowest BCUT2D eigenvalue weighted by molar-refractivity contribution is -0.165. The molecule has 0 aliphatic rings. The third-order valence-corrected chi connectivity index (χ3v) is 5.20. The minimum absolute atomic E-state index is 0.0530. The van der Waals surface area contributed by atoms with Crippen LogP contribution < -0.4 is 15.4 Å². The van der Waals surface area contributed by atoms with Gasteiger partial charge in [0.25, 0.3) is 11.8 Å². The second kappa shape index (κ2) is 9.73. The molecule has 186 valence electrons. The third-order valence-electron chi connectivity index (χ3n) is 5.20. The van der Waals surface area contributed by atoms with Crippen molar-refractivity contribution in [3.05, 3.63) is 41.7 Å². The van der Waals surface area contributed by atoms with Gasteiger partial charge in [-0.3, -0.25) is 19.5 Å². The minimum atomic E-state index is -0.948. The molecule has 2 aromatic heterocycles. The molecule has 0 spiro atoms. The van der Waals surface area contributed by atoms with Crippen LogP contribution in [-0.4, -0.2) is 59.2 Å². The number of amides is 2. The third kappa shape index (κ3) is 5.76. The first kappa shape index (κ1) is 24.2. The number of hydrogen-bond acceptors (Lipinski definition) is 7. The number of H-pyrrole nitrogens is 1. The van der Waals surface area contributed by atoms with Crippen LogP contribution in [0.5, 0.6) is 5.88 Å². The summed E-state index contributed by atoms with van der Waals surface area (Å²) in [6.45, 7) is 8.81. The lowest BCUT2D eigenvalue weighted by atomic mass is 9.93. The molecule has 3 rings (SSSR count). The number of aromatic nitrogens is 3. The number of esters is 1. The van der Waals surface area contributed by atoms with E-state index in [2.05, 4.69) is 25.8 Å². The zero-order chi connectivity index (χ0) is 26.7. The van der Waals surface area contributed by atoms with Crippen molar-refractivity contribution in [1.82, 2.24) is 25.8 Å². The summed E-state index contributed by atoms with van der Waals surface area (Å²) in [7, 11) is 1.17. The van der Waals surface area contributed by atoms with Crippen molar-refractivity contribution in [2.45, 2.75) is 40.2 Å². The van der Waals surface area contributed by atoms with Gasteiger partial charge in [0.15, 0.2) is 5.69 Å². The largest absolute Gasteiger partial charge is 0.480 e. The Morgan fingerprint density at radius 3 is 2.49 bits per heavy atom. The lowest BCUT2D eigenvalue weighted by Crippen LogP contribution is -2.42. The SMILES string of the molecule is [2H]CNC(=O)c1n[nH]c2cc(-c3cnc(OC)c(C(=O)NCC(C)(C)C(=O)OC(C)(C)C)c3)ccc12.